The van der Waals surface area contributed by atoms with E-state index in [0.717, 1.165) is 38.4 Å². The number of aliphatic hydroxyl groups excluding tert-OH is 1. The topological polar surface area (TPSA) is 52.6 Å². The monoisotopic (exact) mass is 228 g/mol. The molecule has 0 atom stereocenters. The molecule has 1 saturated heterocycles. The lowest BCUT2D eigenvalue weighted by atomic mass is 9.93. The van der Waals surface area contributed by atoms with E-state index < -0.39 is 0 Å². The van der Waals surface area contributed by atoms with Crippen molar-refractivity contribution in [3.8, 4) is 0 Å². The van der Waals surface area contributed by atoms with Crippen molar-refractivity contribution in [2.24, 2.45) is 5.92 Å². The Balaban J connectivity index is 2.14. The van der Waals surface area contributed by atoms with Gasteiger partial charge in [-0.1, -0.05) is 13.8 Å². The maximum atomic E-state index is 11.2. The Kier molecular flexibility index (Phi) is 5.77. The van der Waals surface area contributed by atoms with E-state index in [9.17, 15) is 4.79 Å². The highest BCUT2D eigenvalue weighted by atomic mass is 16.3. The number of carbonyl (C=O) groups is 1. The van der Waals surface area contributed by atoms with E-state index >= 15 is 0 Å². The van der Waals surface area contributed by atoms with Crippen LogP contribution in [0, 0.1) is 5.92 Å². The normalized spacial score (nSPS) is 18.1. The van der Waals surface area contributed by atoms with Gasteiger partial charge >= 0.3 is 0 Å². The highest BCUT2D eigenvalue weighted by Gasteiger charge is 2.21. The highest BCUT2D eigenvalue weighted by molar-refractivity contribution is 5.77. The number of carbonyl (C=O) groups excluding carboxylic acids is 1. The first-order valence-corrected chi connectivity index (χ1v) is 6.25. The predicted molar refractivity (Wildman–Crippen MR) is 64.1 cm³/mol. The Morgan fingerprint density at radius 1 is 1.44 bits per heavy atom. The van der Waals surface area contributed by atoms with Gasteiger partial charge in [-0.2, -0.15) is 0 Å². The molecule has 94 valence electrons. The molecule has 1 heterocycles. The number of hydrogen-bond donors (Lipinski definition) is 2. The molecule has 0 aliphatic carbocycles. The first kappa shape index (κ1) is 13.5. The molecule has 1 aliphatic rings. The van der Waals surface area contributed by atoms with Crippen LogP contribution in [0.5, 0.6) is 0 Å². The molecule has 0 saturated carbocycles. The summed E-state index contributed by atoms with van der Waals surface area (Å²) in [6.07, 6.45) is 3.34. The Bertz CT molecular complexity index is 211. The summed E-state index contributed by atoms with van der Waals surface area (Å²) in [7, 11) is 0. The fourth-order valence-electron chi connectivity index (χ4n) is 2.15. The minimum absolute atomic E-state index is 0.126. The molecule has 0 spiro atoms. The summed E-state index contributed by atoms with van der Waals surface area (Å²) in [5, 5.41) is 12.2. The van der Waals surface area contributed by atoms with Crippen LogP contribution in [0.4, 0.5) is 0 Å². The highest BCUT2D eigenvalue weighted by Crippen LogP contribution is 2.19. The van der Waals surface area contributed by atoms with Crippen LogP contribution in [-0.4, -0.2) is 48.2 Å². The maximum Gasteiger partial charge on any atom is 0.248 e. The van der Waals surface area contributed by atoms with Crippen LogP contribution in [0.3, 0.4) is 0 Å². The van der Waals surface area contributed by atoms with Gasteiger partial charge in [0.2, 0.25) is 5.91 Å². The van der Waals surface area contributed by atoms with E-state index in [1.165, 1.54) is 6.42 Å². The molecule has 4 heteroatoms. The number of nitrogens with zero attached hydrogens (tertiary/aromatic N) is 1. The van der Waals surface area contributed by atoms with Crippen molar-refractivity contribution in [2.45, 2.75) is 39.2 Å². The van der Waals surface area contributed by atoms with Gasteiger partial charge in [-0.25, -0.2) is 0 Å². The van der Waals surface area contributed by atoms with E-state index in [0.29, 0.717) is 6.04 Å². The Labute approximate surface area is 98.0 Å². The van der Waals surface area contributed by atoms with Gasteiger partial charge in [-0.05, 0) is 31.7 Å². The predicted octanol–water partition coefficient (Wildman–Crippen LogP) is 0.605. The molecule has 1 rings (SSSR count). The van der Waals surface area contributed by atoms with Crippen molar-refractivity contribution >= 4 is 5.91 Å². The van der Waals surface area contributed by atoms with Gasteiger partial charge < -0.3 is 15.3 Å². The van der Waals surface area contributed by atoms with Gasteiger partial charge in [0, 0.05) is 19.1 Å². The van der Waals surface area contributed by atoms with E-state index in [-0.39, 0.29) is 12.5 Å². The average molecular weight is 228 g/mol. The summed E-state index contributed by atoms with van der Waals surface area (Å²) < 4.78 is 0. The molecule has 16 heavy (non-hydrogen) atoms. The van der Waals surface area contributed by atoms with Crippen molar-refractivity contribution in [1.29, 1.82) is 0 Å². The van der Waals surface area contributed by atoms with Crippen LogP contribution in [0.15, 0.2) is 0 Å². The van der Waals surface area contributed by atoms with Gasteiger partial charge in [-0.3, -0.25) is 4.79 Å². The molecule has 0 radical (unpaired) electrons. The third kappa shape index (κ3) is 4.49. The second-order valence-corrected chi connectivity index (χ2v) is 4.88. The molecule has 4 nitrogen and oxygen atoms in total. The number of nitrogens with one attached hydrogen (secondary N) is 1. The molecule has 1 fully saturated rings. The average Bonchev–Trinajstić information content (AvgIpc) is 2.28. The van der Waals surface area contributed by atoms with E-state index in [4.69, 9.17) is 5.11 Å². The quantitative estimate of drug-likeness (QED) is 0.725. The zero-order valence-electron chi connectivity index (χ0n) is 10.4. The molecule has 1 amide bonds. The van der Waals surface area contributed by atoms with Crippen LogP contribution in [0.1, 0.15) is 33.1 Å². The number of aliphatic hydroxyl groups is 1. The third-order valence-electron chi connectivity index (χ3n) is 3.21. The zero-order valence-corrected chi connectivity index (χ0v) is 10.4. The van der Waals surface area contributed by atoms with Crippen LogP contribution in [0.2, 0.25) is 0 Å². The largest absolute Gasteiger partial charge is 0.387 e. The molecule has 1 aliphatic heterocycles. The van der Waals surface area contributed by atoms with Crippen molar-refractivity contribution in [2.75, 3.05) is 26.2 Å². The SMILES string of the molecule is CC(C)NCCC1CCN(C(=O)CO)CC1. The Morgan fingerprint density at radius 2 is 2.06 bits per heavy atom. The fraction of sp³-hybridized carbons (Fsp3) is 0.917. The minimum atomic E-state index is -0.348. The van der Waals surface area contributed by atoms with Gasteiger partial charge in [0.15, 0.2) is 0 Å². The van der Waals surface area contributed by atoms with Gasteiger partial charge in [0.1, 0.15) is 6.61 Å². The Hall–Kier alpha value is -0.610. The van der Waals surface area contributed by atoms with Gasteiger partial charge in [-0.15, -0.1) is 0 Å². The van der Waals surface area contributed by atoms with Gasteiger partial charge in [0.05, 0.1) is 0 Å². The lowest BCUT2D eigenvalue weighted by molar-refractivity contribution is -0.135. The van der Waals surface area contributed by atoms with Crippen molar-refractivity contribution in [1.82, 2.24) is 10.2 Å². The number of piperidine rings is 1. The lowest BCUT2D eigenvalue weighted by Gasteiger charge is -2.31. The number of hydrogen-bond acceptors (Lipinski definition) is 3. The molecule has 2 N–H and O–H groups in total. The summed E-state index contributed by atoms with van der Waals surface area (Å²) in [6.45, 7) is 6.65. The lowest BCUT2D eigenvalue weighted by Crippen LogP contribution is -2.40. The van der Waals surface area contributed by atoms with Gasteiger partial charge in [0.25, 0.3) is 0 Å². The minimum Gasteiger partial charge on any atom is -0.387 e. The van der Waals surface area contributed by atoms with Crippen LogP contribution in [-0.2, 0) is 4.79 Å². The molecule has 0 unspecified atom stereocenters. The van der Waals surface area contributed by atoms with E-state index in [2.05, 4.69) is 19.2 Å². The van der Waals surface area contributed by atoms with Crippen LogP contribution < -0.4 is 5.32 Å². The first-order valence-electron chi connectivity index (χ1n) is 6.25. The second kappa shape index (κ2) is 6.86. The number of amides is 1. The van der Waals surface area contributed by atoms with E-state index in [1.807, 2.05) is 0 Å². The number of likely N-dealkylation sites (tertiary alicyclic amines) is 1. The maximum absolute atomic E-state index is 11.2. The van der Waals surface area contributed by atoms with Crippen molar-refractivity contribution in [3.63, 3.8) is 0 Å². The zero-order chi connectivity index (χ0) is 12.0. The fourth-order valence-corrected chi connectivity index (χ4v) is 2.15. The summed E-state index contributed by atoms with van der Waals surface area (Å²) in [6, 6.07) is 0.552. The molecule has 0 aromatic heterocycles. The summed E-state index contributed by atoms with van der Waals surface area (Å²) in [5.41, 5.74) is 0. The summed E-state index contributed by atoms with van der Waals surface area (Å²) in [4.78, 5) is 13.0. The Morgan fingerprint density at radius 3 is 2.56 bits per heavy atom. The standard InChI is InChI=1S/C12H24N2O2/c1-10(2)13-6-3-11-4-7-14(8-5-11)12(16)9-15/h10-11,13,15H,3-9H2,1-2H3. The molecule has 0 bridgehead atoms. The first-order chi connectivity index (χ1) is 7.63. The third-order valence-corrected chi connectivity index (χ3v) is 3.21. The summed E-state index contributed by atoms with van der Waals surface area (Å²) >= 11 is 0. The van der Waals surface area contributed by atoms with Crippen molar-refractivity contribution < 1.29 is 9.90 Å². The molecular formula is C12H24N2O2. The number of rotatable bonds is 5. The second-order valence-electron chi connectivity index (χ2n) is 4.88. The van der Waals surface area contributed by atoms with Crippen LogP contribution in [0.25, 0.3) is 0 Å². The smallest absolute Gasteiger partial charge is 0.248 e. The molecular weight excluding hydrogens is 204 g/mol. The summed E-state index contributed by atoms with van der Waals surface area (Å²) in [5.74, 6) is 0.604. The van der Waals surface area contributed by atoms with E-state index in [1.54, 1.807) is 4.90 Å². The van der Waals surface area contributed by atoms with Crippen LogP contribution >= 0.6 is 0 Å². The van der Waals surface area contributed by atoms with Crippen molar-refractivity contribution in [3.05, 3.63) is 0 Å². The molecule has 0 aromatic carbocycles. The molecule has 0 aromatic rings.